The fourth-order valence-corrected chi connectivity index (χ4v) is 4.53. The van der Waals surface area contributed by atoms with Crippen molar-refractivity contribution >= 4 is 22.2 Å². The molecule has 3 aromatic carbocycles. The minimum Gasteiger partial charge on any atom is -0.309 e. The van der Waals surface area contributed by atoms with Crippen LogP contribution in [-0.4, -0.2) is 4.57 Å². The van der Waals surface area contributed by atoms with Crippen molar-refractivity contribution in [3.05, 3.63) is 102 Å². The maximum Gasteiger partial charge on any atom is 0.0627 e. The predicted molar refractivity (Wildman–Crippen MR) is 117 cm³/mol. The molecule has 5 rings (SSSR count). The highest BCUT2D eigenvalue weighted by atomic mass is 32.1. The largest absolute Gasteiger partial charge is 0.309 e. The first-order valence-corrected chi connectivity index (χ1v) is 10.0. The predicted octanol–water partition coefficient (Wildman–Crippen LogP) is 7.33. The summed E-state index contributed by atoms with van der Waals surface area (Å²) < 4.78 is 2.40. The SMILES string of the molecule is Cc1ccc(-n2c(-c3ccccc3)c(-c3cccs3)c3ccccc32)cc1. The Morgan fingerprint density at radius 3 is 2.19 bits per heavy atom. The third kappa shape index (κ3) is 2.70. The Labute approximate surface area is 163 Å². The monoisotopic (exact) mass is 365 g/mol. The number of aryl methyl sites for hydroxylation is 1. The third-order valence-corrected chi connectivity index (χ3v) is 5.87. The van der Waals surface area contributed by atoms with Crippen LogP contribution in [0.25, 0.3) is 38.3 Å². The lowest BCUT2D eigenvalue weighted by Crippen LogP contribution is -1.97. The van der Waals surface area contributed by atoms with Gasteiger partial charge in [0.05, 0.1) is 11.2 Å². The molecule has 0 aliphatic rings. The number of hydrogen-bond donors (Lipinski definition) is 0. The second-order valence-corrected chi connectivity index (χ2v) is 7.70. The molecule has 27 heavy (non-hydrogen) atoms. The molecule has 0 radical (unpaired) electrons. The van der Waals surface area contributed by atoms with Gasteiger partial charge in [0.15, 0.2) is 0 Å². The lowest BCUT2D eigenvalue weighted by Gasteiger charge is -2.13. The lowest BCUT2D eigenvalue weighted by atomic mass is 10.0. The number of thiophene rings is 1. The third-order valence-electron chi connectivity index (χ3n) is 4.98. The van der Waals surface area contributed by atoms with Crippen molar-refractivity contribution in [3.63, 3.8) is 0 Å². The first-order valence-electron chi connectivity index (χ1n) is 9.13. The number of aromatic nitrogens is 1. The normalized spacial score (nSPS) is 11.1. The first kappa shape index (κ1) is 16.1. The molecule has 2 aromatic heterocycles. The van der Waals surface area contributed by atoms with Crippen molar-refractivity contribution < 1.29 is 0 Å². The average Bonchev–Trinajstić information content (AvgIpc) is 3.35. The standard InChI is InChI=1S/C25H19NS/c1-18-13-15-20(16-14-18)26-22-11-6-5-10-21(22)24(23-12-7-17-27-23)25(26)19-8-3-2-4-9-19/h2-17H,1H3. The van der Waals surface area contributed by atoms with E-state index in [0.717, 1.165) is 0 Å². The molecule has 5 aromatic rings. The maximum absolute atomic E-state index is 2.40. The Hall–Kier alpha value is -3.10. The number of benzene rings is 3. The van der Waals surface area contributed by atoms with E-state index in [2.05, 4.69) is 108 Å². The molecule has 0 saturated carbocycles. The Morgan fingerprint density at radius 1 is 0.704 bits per heavy atom. The van der Waals surface area contributed by atoms with Crippen molar-refractivity contribution in [2.24, 2.45) is 0 Å². The molecule has 1 nitrogen and oxygen atoms in total. The molecule has 2 heterocycles. The van der Waals surface area contributed by atoms with E-state index in [-0.39, 0.29) is 0 Å². The average molecular weight is 366 g/mol. The highest BCUT2D eigenvalue weighted by Crippen LogP contribution is 2.43. The first-order chi connectivity index (χ1) is 13.3. The Kier molecular flexibility index (Phi) is 3.92. The lowest BCUT2D eigenvalue weighted by molar-refractivity contribution is 1.13. The summed E-state index contributed by atoms with van der Waals surface area (Å²) >= 11 is 1.80. The Morgan fingerprint density at radius 2 is 1.44 bits per heavy atom. The number of rotatable bonds is 3. The maximum atomic E-state index is 2.40. The van der Waals surface area contributed by atoms with Crippen LogP contribution in [0.3, 0.4) is 0 Å². The van der Waals surface area contributed by atoms with E-state index < -0.39 is 0 Å². The topological polar surface area (TPSA) is 4.93 Å². The molecule has 0 aliphatic heterocycles. The molecule has 0 saturated heterocycles. The van der Waals surface area contributed by atoms with Gasteiger partial charge in [0, 0.05) is 21.5 Å². The fraction of sp³-hybridized carbons (Fsp3) is 0.0400. The van der Waals surface area contributed by atoms with Crippen molar-refractivity contribution in [2.75, 3.05) is 0 Å². The van der Waals surface area contributed by atoms with Gasteiger partial charge in [-0.15, -0.1) is 11.3 Å². The van der Waals surface area contributed by atoms with Gasteiger partial charge in [0.1, 0.15) is 0 Å². The van der Waals surface area contributed by atoms with Crippen LogP contribution in [0.4, 0.5) is 0 Å². The summed E-state index contributed by atoms with van der Waals surface area (Å²) in [7, 11) is 0. The summed E-state index contributed by atoms with van der Waals surface area (Å²) in [4.78, 5) is 1.30. The van der Waals surface area contributed by atoms with Gasteiger partial charge in [-0.2, -0.15) is 0 Å². The van der Waals surface area contributed by atoms with E-state index in [1.54, 1.807) is 11.3 Å². The molecule has 0 bridgehead atoms. The van der Waals surface area contributed by atoms with Crippen molar-refractivity contribution in [2.45, 2.75) is 6.92 Å². The molecule has 0 unspecified atom stereocenters. The van der Waals surface area contributed by atoms with Crippen LogP contribution in [0.5, 0.6) is 0 Å². The van der Waals surface area contributed by atoms with Crippen molar-refractivity contribution in [1.29, 1.82) is 0 Å². The highest BCUT2D eigenvalue weighted by molar-refractivity contribution is 7.13. The van der Waals surface area contributed by atoms with E-state index in [1.165, 1.54) is 43.9 Å². The molecule has 0 fully saturated rings. The van der Waals surface area contributed by atoms with E-state index >= 15 is 0 Å². The van der Waals surface area contributed by atoms with Crippen molar-refractivity contribution in [1.82, 2.24) is 4.57 Å². The summed E-state index contributed by atoms with van der Waals surface area (Å²) in [5.74, 6) is 0. The van der Waals surface area contributed by atoms with Gasteiger partial charge in [-0.1, -0.05) is 72.3 Å². The number of para-hydroxylation sites is 1. The summed E-state index contributed by atoms with van der Waals surface area (Å²) in [5, 5.41) is 3.45. The van der Waals surface area contributed by atoms with Gasteiger partial charge in [0.25, 0.3) is 0 Å². The summed E-state index contributed by atoms with van der Waals surface area (Å²) in [6, 6.07) is 32.6. The quantitative estimate of drug-likeness (QED) is 0.315. The van der Waals surface area contributed by atoms with Gasteiger partial charge in [-0.25, -0.2) is 0 Å². The molecule has 2 heteroatoms. The Bertz CT molecular complexity index is 1200. The molecule has 130 valence electrons. The molecular weight excluding hydrogens is 346 g/mol. The van der Waals surface area contributed by atoms with Gasteiger partial charge in [-0.3, -0.25) is 0 Å². The van der Waals surface area contributed by atoms with Crippen LogP contribution in [0, 0.1) is 6.92 Å². The summed E-state index contributed by atoms with van der Waals surface area (Å²) in [6.45, 7) is 2.13. The van der Waals surface area contributed by atoms with Gasteiger partial charge in [-0.05, 0) is 42.1 Å². The number of fused-ring (bicyclic) bond motifs is 1. The van der Waals surface area contributed by atoms with Crippen LogP contribution < -0.4 is 0 Å². The zero-order valence-electron chi connectivity index (χ0n) is 15.1. The van der Waals surface area contributed by atoms with Gasteiger partial charge < -0.3 is 4.57 Å². The Balaban J connectivity index is 1.95. The van der Waals surface area contributed by atoms with Crippen LogP contribution >= 0.6 is 11.3 Å². The van der Waals surface area contributed by atoms with Crippen LogP contribution in [0.15, 0.2) is 96.4 Å². The van der Waals surface area contributed by atoms with E-state index in [0.29, 0.717) is 0 Å². The summed E-state index contributed by atoms with van der Waals surface area (Å²) in [5.41, 5.74) is 7.50. The van der Waals surface area contributed by atoms with E-state index in [9.17, 15) is 0 Å². The second-order valence-electron chi connectivity index (χ2n) is 6.76. The van der Waals surface area contributed by atoms with Gasteiger partial charge in [0.2, 0.25) is 0 Å². The summed E-state index contributed by atoms with van der Waals surface area (Å²) in [6.07, 6.45) is 0. The van der Waals surface area contributed by atoms with Crippen molar-refractivity contribution in [3.8, 4) is 27.4 Å². The molecule has 0 amide bonds. The van der Waals surface area contributed by atoms with E-state index in [1.807, 2.05) is 0 Å². The second kappa shape index (κ2) is 6.57. The van der Waals surface area contributed by atoms with Crippen LogP contribution in [0.2, 0.25) is 0 Å². The zero-order valence-corrected chi connectivity index (χ0v) is 15.9. The molecule has 0 N–H and O–H groups in total. The van der Waals surface area contributed by atoms with E-state index in [4.69, 9.17) is 0 Å². The molecule has 0 atom stereocenters. The minimum atomic E-state index is 1.19. The zero-order chi connectivity index (χ0) is 18.2. The number of nitrogens with zero attached hydrogens (tertiary/aromatic N) is 1. The highest BCUT2D eigenvalue weighted by Gasteiger charge is 2.21. The van der Waals surface area contributed by atoms with Crippen LogP contribution in [0.1, 0.15) is 5.56 Å². The number of hydrogen-bond acceptors (Lipinski definition) is 1. The fourth-order valence-electron chi connectivity index (χ4n) is 3.74. The smallest absolute Gasteiger partial charge is 0.0627 e. The van der Waals surface area contributed by atoms with Crippen LogP contribution in [-0.2, 0) is 0 Å². The molecule has 0 spiro atoms. The minimum absolute atomic E-state index is 1.19. The van der Waals surface area contributed by atoms with Gasteiger partial charge >= 0.3 is 0 Å². The molecular formula is C25H19NS. The molecule has 0 aliphatic carbocycles.